The topological polar surface area (TPSA) is 78.9 Å². The Bertz CT molecular complexity index is 240. The van der Waals surface area contributed by atoms with Crippen LogP contribution in [0.25, 0.3) is 0 Å². The Labute approximate surface area is 85.5 Å². The predicted octanol–water partition coefficient (Wildman–Crippen LogP) is 0.636. The number of amides is 1. The molecule has 0 heterocycles. The highest BCUT2D eigenvalue weighted by Gasteiger charge is 2.21. The fourth-order valence-electron chi connectivity index (χ4n) is 0.768. The molecule has 0 spiro atoms. The van der Waals surface area contributed by atoms with Crippen LogP contribution in [0.15, 0.2) is 0 Å². The Morgan fingerprint density at radius 3 is 2.43 bits per heavy atom. The van der Waals surface area contributed by atoms with Crippen molar-refractivity contribution in [2.45, 2.75) is 33.7 Å². The van der Waals surface area contributed by atoms with Crippen LogP contribution in [0.2, 0.25) is 0 Å². The van der Waals surface area contributed by atoms with Gasteiger partial charge in [-0.2, -0.15) is 5.26 Å². The van der Waals surface area contributed by atoms with Gasteiger partial charge in [0.25, 0.3) is 0 Å². The van der Waals surface area contributed by atoms with Gasteiger partial charge >= 0.3 is 0 Å². The van der Waals surface area contributed by atoms with E-state index < -0.39 is 11.5 Å². The van der Waals surface area contributed by atoms with Crippen LogP contribution in [-0.2, 0) is 4.79 Å². The molecule has 4 heteroatoms. The molecular formula is C10H19N3O. The summed E-state index contributed by atoms with van der Waals surface area (Å²) in [6.45, 7) is 7.66. The van der Waals surface area contributed by atoms with E-state index in [1.165, 1.54) is 0 Å². The molecule has 1 amide bonds. The maximum atomic E-state index is 11.4. The van der Waals surface area contributed by atoms with Crippen molar-refractivity contribution in [2.24, 2.45) is 17.1 Å². The van der Waals surface area contributed by atoms with E-state index >= 15 is 0 Å². The van der Waals surface area contributed by atoms with Gasteiger partial charge in [0.15, 0.2) is 0 Å². The number of carbonyl (C=O) groups is 1. The number of hydrogen-bond donors (Lipinski definition) is 2. The first-order valence-electron chi connectivity index (χ1n) is 4.74. The summed E-state index contributed by atoms with van der Waals surface area (Å²) in [5.74, 6) is -0.0801. The van der Waals surface area contributed by atoms with Crippen LogP contribution in [0, 0.1) is 22.7 Å². The van der Waals surface area contributed by atoms with E-state index in [4.69, 9.17) is 11.0 Å². The van der Waals surface area contributed by atoms with Crippen molar-refractivity contribution < 1.29 is 4.79 Å². The fraction of sp³-hybridized carbons (Fsp3) is 0.800. The minimum absolute atomic E-state index is 0.111. The van der Waals surface area contributed by atoms with Crippen LogP contribution in [0.4, 0.5) is 0 Å². The summed E-state index contributed by atoms with van der Waals surface area (Å²) in [7, 11) is 0. The smallest absolute Gasteiger partial charge is 0.237 e. The average molecular weight is 197 g/mol. The molecule has 0 saturated heterocycles. The summed E-state index contributed by atoms with van der Waals surface area (Å²) in [6, 6.07) is 1.61. The highest BCUT2D eigenvalue weighted by Crippen LogP contribution is 2.10. The largest absolute Gasteiger partial charge is 0.353 e. The Kier molecular flexibility index (Phi) is 4.58. The van der Waals surface area contributed by atoms with E-state index in [1.54, 1.807) is 13.8 Å². The van der Waals surface area contributed by atoms with E-state index in [-0.39, 0.29) is 11.8 Å². The lowest BCUT2D eigenvalue weighted by atomic mass is 9.95. The number of nitriles is 1. The fourth-order valence-corrected chi connectivity index (χ4v) is 0.768. The molecule has 1 unspecified atom stereocenters. The van der Waals surface area contributed by atoms with Crippen molar-refractivity contribution >= 4 is 5.91 Å². The van der Waals surface area contributed by atoms with Gasteiger partial charge in [-0.05, 0) is 19.8 Å². The standard InChI is InChI=1S/C10H19N3O/c1-7(2)8(12)9(14)13-6-10(3,4)5-11/h7-8H,6,12H2,1-4H3,(H,13,14). The number of carbonyl (C=O) groups excluding carboxylic acids is 1. The van der Waals surface area contributed by atoms with Crippen molar-refractivity contribution in [3.8, 4) is 6.07 Å². The van der Waals surface area contributed by atoms with E-state index in [2.05, 4.69) is 11.4 Å². The normalized spacial score (nSPS) is 13.5. The second-order valence-electron chi connectivity index (χ2n) is 4.48. The quantitative estimate of drug-likeness (QED) is 0.694. The van der Waals surface area contributed by atoms with Gasteiger partial charge in [0.2, 0.25) is 5.91 Å². The zero-order chi connectivity index (χ0) is 11.4. The van der Waals surface area contributed by atoms with Crippen LogP contribution >= 0.6 is 0 Å². The summed E-state index contributed by atoms with van der Waals surface area (Å²) >= 11 is 0. The van der Waals surface area contributed by atoms with Crippen molar-refractivity contribution in [3.05, 3.63) is 0 Å². The molecule has 0 rings (SSSR count). The third kappa shape index (κ3) is 4.24. The maximum absolute atomic E-state index is 11.4. The molecule has 0 bridgehead atoms. The van der Waals surface area contributed by atoms with E-state index in [9.17, 15) is 4.79 Å². The number of nitrogens with zero attached hydrogens (tertiary/aromatic N) is 1. The Hall–Kier alpha value is -1.08. The van der Waals surface area contributed by atoms with Gasteiger partial charge in [0.1, 0.15) is 0 Å². The first-order valence-corrected chi connectivity index (χ1v) is 4.74. The van der Waals surface area contributed by atoms with Gasteiger partial charge in [-0.3, -0.25) is 4.79 Å². The molecule has 14 heavy (non-hydrogen) atoms. The van der Waals surface area contributed by atoms with Crippen LogP contribution in [0.3, 0.4) is 0 Å². The maximum Gasteiger partial charge on any atom is 0.237 e. The van der Waals surface area contributed by atoms with E-state index in [0.717, 1.165) is 0 Å². The minimum Gasteiger partial charge on any atom is -0.353 e. The second-order valence-corrected chi connectivity index (χ2v) is 4.48. The summed E-state index contributed by atoms with van der Waals surface area (Å²) in [6.07, 6.45) is 0. The molecule has 3 N–H and O–H groups in total. The summed E-state index contributed by atoms with van der Waals surface area (Å²) < 4.78 is 0. The van der Waals surface area contributed by atoms with Gasteiger partial charge in [-0.1, -0.05) is 13.8 Å². The number of nitrogens with two attached hydrogens (primary N) is 1. The molecule has 0 fully saturated rings. The van der Waals surface area contributed by atoms with Crippen molar-refractivity contribution in [1.29, 1.82) is 5.26 Å². The van der Waals surface area contributed by atoms with Gasteiger partial charge in [0.05, 0.1) is 17.5 Å². The first-order chi connectivity index (χ1) is 6.30. The lowest BCUT2D eigenvalue weighted by Gasteiger charge is -2.19. The monoisotopic (exact) mass is 197 g/mol. The van der Waals surface area contributed by atoms with Gasteiger partial charge in [-0.25, -0.2) is 0 Å². The minimum atomic E-state index is -0.535. The molecule has 4 nitrogen and oxygen atoms in total. The average Bonchev–Trinajstić information content (AvgIpc) is 2.13. The lowest BCUT2D eigenvalue weighted by molar-refractivity contribution is -0.123. The van der Waals surface area contributed by atoms with Crippen LogP contribution < -0.4 is 11.1 Å². The highest BCUT2D eigenvalue weighted by atomic mass is 16.2. The first kappa shape index (κ1) is 12.9. The van der Waals surface area contributed by atoms with Crippen molar-refractivity contribution in [3.63, 3.8) is 0 Å². The number of hydrogen-bond acceptors (Lipinski definition) is 3. The Morgan fingerprint density at radius 1 is 1.57 bits per heavy atom. The molecule has 0 saturated carbocycles. The molecule has 0 aliphatic carbocycles. The molecule has 0 radical (unpaired) electrons. The van der Waals surface area contributed by atoms with Crippen LogP contribution in [0.1, 0.15) is 27.7 Å². The molecule has 0 aliphatic heterocycles. The zero-order valence-electron chi connectivity index (χ0n) is 9.29. The highest BCUT2D eigenvalue weighted by molar-refractivity contribution is 5.81. The predicted molar refractivity (Wildman–Crippen MR) is 55.2 cm³/mol. The Balaban J connectivity index is 4.05. The van der Waals surface area contributed by atoms with Gasteiger partial charge in [0, 0.05) is 6.54 Å². The van der Waals surface area contributed by atoms with Gasteiger partial charge < -0.3 is 11.1 Å². The Morgan fingerprint density at radius 2 is 2.07 bits per heavy atom. The molecule has 80 valence electrons. The van der Waals surface area contributed by atoms with Gasteiger partial charge in [-0.15, -0.1) is 0 Å². The number of nitrogens with one attached hydrogen (secondary N) is 1. The van der Waals surface area contributed by atoms with Crippen LogP contribution in [-0.4, -0.2) is 18.5 Å². The zero-order valence-corrected chi connectivity index (χ0v) is 9.29. The summed E-state index contributed by atoms with van der Waals surface area (Å²) in [4.78, 5) is 11.4. The molecule has 0 aromatic carbocycles. The lowest BCUT2D eigenvalue weighted by Crippen LogP contribution is -2.46. The van der Waals surface area contributed by atoms with E-state index in [0.29, 0.717) is 6.54 Å². The van der Waals surface area contributed by atoms with Crippen LogP contribution in [0.5, 0.6) is 0 Å². The van der Waals surface area contributed by atoms with E-state index in [1.807, 2.05) is 13.8 Å². The summed E-state index contributed by atoms with van der Waals surface area (Å²) in [5.41, 5.74) is 5.10. The van der Waals surface area contributed by atoms with Crippen molar-refractivity contribution in [2.75, 3.05) is 6.54 Å². The SMILES string of the molecule is CC(C)C(N)C(=O)NCC(C)(C)C#N. The van der Waals surface area contributed by atoms with Crippen molar-refractivity contribution in [1.82, 2.24) is 5.32 Å². The third-order valence-electron chi connectivity index (χ3n) is 2.03. The summed E-state index contributed by atoms with van der Waals surface area (Å²) in [5, 5.41) is 11.4. The number of rotatable bonds is 4. The third-order valence-corrected chi connectivity index (χ3v) is 2.03. The molecular weight excluding hydrogens is 178 g/mol. The second kappa shape index (κ2) is 4.97. The molecule has 0 aliphatic rings. The molecule has 1 atom stereocenters. The molecule has 0 aromatic heterocycles. The molecule has 0 aromatic rings.